The molecule has 0 amide bonds. The molecule has 0 spiro atoms. The van der Waals surface area contributed by atoms with Gasteiger partial charge in [0.1, 0.15) is 18.4 Å². The van der Waals surface area contributed by atoms with E-state index in [4.69, 9.17) is 0 Å². The molecule has 1 aliphatic rings. The van der Waals surface area contributed by atoms with Gasteiger partial charge in [0.25, 0.3) is 0 Å². The van der Waals surface area contributed by atoms with Crippen molar-refractivity contribution in [1.29, 1.82) is 5.26 Å². The average Bonchev–Trinajstić information content (AvgIpc) is 2.45. The predicted octanol–water partition coefficient (Wildman–Crippen LogP) is 1.44. The molecule has 0 aliphatic heterocycles. The Balaban J connectivity index is 2.33. The summed E-state index contributed by atoms with van der Waals surface area (Å²) in [6.45, 7) is 0.0942. The standard InChI is InChI=1S/C14H17N3O2/c1-17(9-13(18)19-2)14-11(8-15)7-10-5-3-4-6-12(10)16-14/h7H,3-6,9H2,1-2H3. The van der Waals surface area contributed by atoms with E-state index in [2.05, 4.69) is 15.8 Å². The van der Waals surface area contributed by atoms with Crippen LogP contribution in [0.25, 0.3) is 0 Å². The van der Waals surface area contributed by atoms with Gasteiger partial charge < -0.3 is 9.64 Å². The molecular weight excluding hydrogens is 242 g/mol. The molecule has 19 heavy (non-hydrogen) atoms. The number of aromatic nitrogens is 1. The Morgan fingerprint density at radius 3 is 2.95 bits per heavy atom. The second-order valence-electron chi connectivity index (χ2n) is 4.72. The van der Waals surface area contributed by atoms with Gasteiger partial charge in [0.05, 0.1) is 12.7 Å². The highest BCUT2D eigenvalue weighted by molar-refractivity contribution is 5.76. The number of ether oxygens (including phenoxy) is 1. The van der Waals surface area contributed by atoms with Gasteiger partial charge in [0.15, 0.2) is 0 Å². The van der Waals surface area contributed by atoms with E-state index < -0.39 is 0 Å². The lowest BCUT2D eigenvalue weighted by Gasteiger charge is -2.22. The number of methoxy groups -OCH3 is 1. The number of nitriles is 1. The molecule has 0 atom stereocenters. The molecule has 0 saturated heterocycles. The van der Waals surface area contributed by atoms with Gasteiger partial charge in [-0.1, -0.05) is 0 Å². The zero-order chi connectivity index (χ0) is 13.8. The Morgan fingerprint density at radius 1 is 1.53 bits per heavy atom. The Kier molecular flexibility index (Phi) is 4.00. The topological polar surface area (TPSA) is 66.2 Å². The van der Waals surface area contributed by atoms with Crippen molar-refractivity contribution < 1.29 is 9.53 Å². The van der Waals surface area contributed by atoms with Crippen LogP contribution in [0.2, 0.25) is 0 Å². The van der Waals surface area contributed by atoms with E-state index in [9.17, 15) is 10.1 Å². The number of rotatable bonds is 3. The Labute approximate surface area is 112 Å². The zero-order valence-electron chi connectivity index (χ0n) is 11.3. The van der Waals surface area contributed by atoms with Crippen LogP contribution >= 0.6 is 0 Å². The molecule has 1 aromatic rings. The van der Waals surface area contributed by atoms with Gasteiger partial charge in [-0.15, -0.1) is 0 Å². The number of nitrogens with zero attached hydrogens (tertiary/aromatic N) is 3. The van der Waals surface area contributed by atoms with E-state index in [1.54, 1.807) is 11.9 Å². The van der Waals surface area contributed by atoms with Crippen LogP contribution in [-0.2, 0) is 22.4 Å². The first-order valence-electron chi connectivity index (χ1n) is 6.36. The first-order chi connectivity index (χ1) is 9.15. The third-order valence-electron chi connectivity index (χ3n) is 3.36. The van der Waals surface area contributed by atoms with Crippen molar-refractivity contribution in [3.8, 4) is 6.07 Å². The Morgan fingerprint density at radius 2 is 2.26 bits per heavy atom. The van der Waals surface area contributed by atoms with Crippen LogP contribution in [-0.4, -0.2) is 31.7 Å². The molecule has 5 nitrogen and oxygen atoms in total. The minimum absolute atomic E-state index is 0.0942. The maximum atomic E-state index is 11.3. The number of anilines is 1. The quantitative estimate of drug-likeness (QED) is 0.768. The predicted molar refractivity (Wildman–Crippen MR) is 70.9 cm³/mol. The molecule has 0 N–H and O–H groups in total. The summed E-state index contributed by atoms with van der Waals surface area (Å²) in [5.74, 6) is 0.222. The third-order valence-corrected chi connectivity index (χ3v) is 3.36. The number of esters is 1. The average molecular weight is 259 g/mol. The van der Waals surface area contributed by atoms with Gasteiger partial charge in [0.2, 0.25) is 0 Å². The van der Waals surface area contributed by atoms with E-state index in [0.717, 1.165) is 36.9 Å². The zero-order valence-corrected chi connectivity index (χ0v) is 11.3. The first-order valence-corrected chi connectivity index (χ1v) is 6.36. The van der Waals surface area contributed by atoms with Gasteiger partial charge in [-0.3, -0.25) is 4.79 Å². The lowest BCUT2D eigenvalue weighted by atomic mass is 9.95. The minimum atomic E-state index is -0.342. The van der Waals surface area contributed by atoms with Crippen LogP contribution in [0.3, 0.4) is 0 Å². The second kappa shape index (κ2) is 5.70. The number of fused-ring (bicyclic) bond motifs is 1. The highest BCUT2D eigenvalue weighted by atomic mass is 16.5. The van der Waals surface area contributed by atoms with Crippen LogP contribution in [0, 0.1) is 11.3 Å². The molecule has 0 unspecified atom stereocenters. The number of carbonyl (C=O) groups is 1. The fourth-order valence-corrected chi connectivity index (χ4v) is 2.33. The van der Waals surface area contributed by atoms with Gasteiger partial charge in [-0.05, 0) is 37.3 Å². The van der Waals surface area contributed by atoms with Crippen molar-refractivity contribution in [3.05, 3.63) is 22.9 Å². The lowest BCUT2D eigenvalue weighted by molar-refractivity contribution is -0.138. The van der Waals surface area contributed by atoms with Gasteiger partial charge in [-0.25, -0.2) is 4.98 Å². The highest BCUT2D eigenvalue weighted by Crippen LogP contribution is 2.25. The maximum absolute atomic E-state index is 11.3. The Hall–Kier alpha value is -2.09. The van der Waals surface area contributed by atoms with Gasteiger partial charge >= 0.3 is 5.97 Å². The minimum Gasteiger partial charge on any atom is -0.468 e. The van der Waals surface area contributed by atoms with Crippen molar-refractivity contribution in [1.82, 2.24) is 4.98 Å². The van der Waals surface area contributed by atoms with Crippen LogP contribution in [0.4, 0.5) is 5.82 Å². The Bertz CT molecular complexity index is 534. The second-order valence-corrected chi connectivity index (χ2v) is 4.72. The number of carbonyl (C=O) groups excluding carboxylic acids is 1. The summed E-state index contributed by atoms with van der Waals surface area (Å²) in [6, 6.07) is 4.07. The van der Waals surface area contributed by atoms with E-state index in [0.29, 0.717) is 11.4 Å². The van der Waals surface area contributed by atoms with Crippen molar-refractivity contribution >= 4 is 11.8 Å². The van der Waals surface area contributed by atoms with E-state index in [-0.39, 0.29) is 12.5 Å². The molecule has 0 aromatic carbocycles. The summed E-state index contributed by atoms with van der Waals surface area (Å²) in [5, 5.41) is 9.23. The number of hydrogen-bond donors (Lipinski definition) is 0. The van der Waals surface area contributed by atoms with Crippen LogP contribution in [0.5, 0.6) is 0 Å². The number of hydrogen-bond acceptors (Lipinski definition) is 5. The van der Waals surface area contributed by atoms with E-state index >= 15 is 0 Å². The molecule has 1 heterocycles. The fourth-order valence-electron chi connectivity index (χ4n) is 2.33. The SMILES string of the molecule is COC(=O)CN(C)c1nc2c(cc1C#N)CCCC2. The first kappa shape index (κ1) is 13.3. The van der Waals surface area contributed by atoms with E-state index in [1.807, 2.05) is 6.07 Å². The lowest BCUT2D eigenvalue weighted by Crippen LogP contribution is -2.28. The summed E-state index contributed by atoms with van der Waals surface area (Å²) in [5.41, 5.74) is 2.74. The molecule has 0 saturated carbocycles. The monoisotopic (exact) mass is 259 g/mol. The third kappa shape index (κ3) is 2.84. The molecule has 2 rings (SSSR count). The largest absolute Gasteiger partial charge is 0.468 e. The van der Waals surface area contributed by atoms with E-state index in [1.165, 1.54) is 7.11 Å². The summed E-state index contributed by atoms with van der Waals surface area (Å²) < 4.78 is 4.64. The van der Waals surface area contributed by atoms with Crippen LogP contribution in [0.15, 0.2) is 6.07 Å². The summed E-state index contributed by atoms with van der Waals surface area (Å²) in [4.78, 5) is 17.5. The maximum Gasteiger partial charge on any atom is 0.325 e. The smallest absolute Gasteiger partial charge is 0.325 e. The van der Waals surface area contributed by atoms with Crippen LogP contribution < -0.4 is 4.90 Å². The van der Waals surface area contributed by atoms with Gasteiger partial charge in [-0.2, -0.15) is 5.26 Å². The number of pyridine rings is 1. The normalized spacial score (nSPS) is 13.3. The summed E-state index contributed by atoms with van der Waals surface area (Å²) in [7, 11) is 3.09. The van der Waals surface area contributed by atoms with Crippen molar-refractivity contribution in [3.63, 3.8) is 0 Å². The van der Waals surface area contributed by atoms with Crippen LogP contribution in [0.1, 0.15) is 29.7 Å². The molecule has 0 fully saturated rings. The molecule has 0 radical (unpaired) electrons. The molecular formula is C14H17N3O2. The molecule has 1 aromatic heterocycles. The number of aryl methyl sites for hydroxylation is 2. The van der Waals surface area contributed by atoms with Crippen molar-refractivity contribution in [2.24, 2.45) is 0 Å². The summed E-state index contributed by atoms with van der Waals surface area (Å²) >= 11 is 0. The van der Waals surface area contributed by atoms with Gasteiger partial charge in [0, 0.05) is 12.7 Å². The van der Waals surface area contributed by atoms with Crippen molar-refractivity contribution in [2.75, 3.05) is 25.6 Å². The number of likely N-dealkylation sites (N-methyl/N-ethyl adjacent to an activating group) is 1. The molecule has 100 valence electrons. The molecule has 5 heteroatoms. The molecule has 0 bridgehead atoms. The fraction of sp³-hybridized carbons (Fsp3) is 0.500. The molecule has 1 aliphatic carbocycles. The summed E-state index contributed by atoms with van der Waals surface area (Å²) in [6.07, 6.45) is 4.21. The van der Waals surface area contributed by atoms with Crippen molar-refractivity contribution in [2.45, 2.75) is 25.7 Å². The highest BCUT2D eigenvalue weighted by Gasteiger charge is 2.18.